The number of benzene rings is 1. The summed E-state index contributed by atoms with van der Waals surface area (Å²) in [5.74, 6) is -0.333. The first-order chi connectivity index (χ1) is 16.3. The highest BCUT2D eigenvalue weighted by atomic mass is 16.5. The third-order valence-electron chi connectivity index (χ3n) is 5.49. The molecule has 0 amide bonds. The fraction of sp³-hybridized carbons (Fsp3) is 0.440. The molecule has 1 aromatic carbocycles. The summed E-state index contributed by atoms with van der Waals surface area (Å²) in [7, 11) is 0. The van der Waals surface area contributed by atoms with Gasteiger partial charge in [0.25, 0.3) is 0 Å². The predicted octanol–water partition coefficient (Wildman–Crippen LogP) is 4.82. The Kier molecular flexibility index (Phi) is 10.0. The van der Waals surface area contributed by atoms with Crippen LogP contribution in [0.5, 0.6) is 0 Å². The summed E-state index contributed by atoms with van der Waals surface area (Å²) in [6, 6.07) is 5.45. The van der Waals surface area contributed by atoms with E-state index in [0.29, 0.717) is 18.7 Å². The molecule has 3 N–H and O–H groups in total. The van der Waals surface area contributed by atoms with Crippen molar-refractivity contribution in [2.75, 3.05) is 6.54 Å². The van der Waals surface area contributed by atoms with E-state index in [9.17, 15) is 14.6 Å². The molecule has 0 aliphatic carbocycles. The maximum Gasteiger partial charge on any atom is 0.438 e. The predicted molar refractivity (Wildman–Crippen MR) is 133 cm³/mol. The molecule has 9 heteroatoms. The molecule has 1 aromatic heterocycles. The van der Waals surface area contributed by atoms with E-state index in [2.05, 4.69) is 20.5 Å². The Hall–Kier alpha value is -3.46. The van der Waals surface area contributed by atoms with Gasteiger partial charge in [0.05, 0.1) is 5.41 Å². The summed E-state index contributed by atoms with van der Waals surface area (Å²) in [6.07, 6.45) is 9.64. The van der Waals surface area contributed by atoms with E-state index in [1.807, 2.05) is 70.2 Å². The second kappa shape index (κ2) is 12.7. The van der Waals surface area contributed by atoms with E-state index < -0.39 is 11.2 Å². The van der Waals surface area contributed by atoms with Crippen molar-refractivity contribution in [1.82, 2.24) is 10.1 Å². The highest BCUT2D eigenvalue weighted by molar-refractivity contribution is 5.48. The summed E-state index contributed by atoms with van der Waals surface area (Å²) >= 11 is 0. The molecule has 0 spiro atoms. The lowest BCUT2D eigenvalue weighted by molar-refractivity contribution is 0.368. The lowest BCUT2D eigenvalue weighted by Crippen LogP contribution is -2.36. The topological polar surface area (TPSA) is 144 Å². The molecule has 2 aromatic rings. The summed E-state index contributed by atoms with van der Waals surface area (Å²) in [4.78, 5) is 36.5. The molecule has 34 heavy (non-hydrogen) atoms. The van der Waals surface area contributed by atoms with Crippen LogP contribution in [0.4, 0.5) is 0 Å². The number of aromatic nitrogens is 2. The summed E-state index contributed by atoms with van der Waals surface area (Å²) in [5, 5.41) is 10.1. The molecule has 0 aliphatic rings. The van der Waals surface area contributed by atoms with Crippen LogP contribution in [0, 0.1) is 9.81 Å². The molecule has 0 bridgehead atoms. The van der Waals surface area contributed by atoms with Gasteiger partial charge in [-0.1, -0.05) is 77.4 Å². The SMILES string of the molecule is CC\C=C/C(=C\C(C)=C\C(C[C@@H](C)N)(c1noc(=O)[nH]1)c1ccc(CN=O)cc1CC)CN=O. The number of H-pyrrole nitrogens is 1. The Morgan fingerprint density at radius 3 is 2.62 bits per heavy atom. The third-order valence-corrected chi connectivity index (χ3v) is 5.49. The van der Waals surface area contributed by atoms with Gasteiger partial charge in [-0.3, -0.25) is 9.51 Å². The molecule has 182 valence electrons. The van der Waals surface area contributed by atoms with Gasteiger partial charge in [-0.15, -0.1) is 0 Å². The third kappa shape index (κ3) is 6.77. The minimum atomic E-state index is -0.923. The van der Waals surface area contributed by atoms with Crippen LogP contribution in [0.3, 0.4) is 0 Å². The van der Waals surface area contributed by atoms with Gasteiger partial charge in [0, 0.05) is 6.04 Å². The monoisotopic (exact) mass is 467 g/mol. The quantitative estimate of drug-likeness (QED) is 0.319. The molecule has 0 saturated carbocycles. The van der Waals surface area contributed by atoms with Crippen LogP contribution >= 0.6 is 0 Å². The van der Waals surface area contributed by atoms with Gasteiger partial charge >= 0.3 is 5.76 Å². The zero-order chi connectivity index (χ0) is 25.1. The van der Waals surface area contributed by atoms with Gasteiger partial charge in [0.15, 0.2) is 5.82 Å². The highest BCUT2D eigenvalue weighted by Gasteiger charge is 2.39. The van der Waals surface area contributed by atoms with Crippen LogP contribution in [0.15, 0.2) is 73.3 Å². The summed E-state index contributed by atoms with van der Waals surface area (Å²) in [6.45, 7) is 7.92. The minimum Gasteiger partial charge on any atom is -0.328 e. The molecule has 0 fully saturated rings. The van der Waals surface area contributed by atoms with E-state index in [1.54, 1.807) is 0 Å². The second-order valence-corrected chi connectivity index (χ2v) is 8.43. The van der Waals surface area contributed by atoms with Gasteiger partial charge in [0.1, 0.15) is 13.1 Å². The van der Waals surface area contributed by atoms with Crippen molar-refractivity contribution in [3.63, 3.8) is 0 Å². The molecular weight excluding hydrogens is 434 g/mol. The van der Waals surface area contributed by atoms with Gasteiger partial charge in [-0.2, -0.15) is 9.81 Å². The number of hydrogen-bond acceptors (Lipinski definition) is 8. The first-order valence-corrected chi connectivity index (χ1v) is 11.4. The Morgan fingerprint density at radius 1 is 1.29 bits per heavy atom. The average molecular weight is 468 g/mol. The maximum atomic E-state index is 12.0. The molecule has 0 radical (unpaired) electrons. The van der Waals surface area contributed by atoms with Crippen LogP contribution in [0.1, 0.15) is 63.1 Å². The normalized spacial score (nSPS) is 15.3. The van der Waals surface area contributed by atoms with Crippen molar-refractivity contribution in [2.45, 2.75) is 65.0 Å². The average Bonchev–Trinajstić information content (AvgIpc) is 3.23. The number of allylic oxidation sites excluding steroid dienone is 4. The summed E-state index contributed by atoms with van der Waals surface area (Å²) in [5.41, 5.74) is 9.63. The van der Waals surface area contributed by atoms with Crippen molar-refractivity contribution in [1.29, 1.82) is 0 Å². The highest BCUT2D eigenvalue weighted by Crippen LogP contribution is 2.39. The van der Waals surface area contributed by atoms with Crippen LogP contribution in [0.25, 0.3) is 0 Å². The first kappa shape index (κ1) is 26.8. The molecule has 2 atom stereocenters. The number of rotatable bonds is 13. The molecule has 1 heterocycles. The van der Waals surface area contributed by atoms with Gasteiger partial charge in [0.2, 0.25) is 0 Å². The Labute approximate surface area is 199 Å². The van der Waals surface area contributed by atoms with Crippen LogP contribution in [-0.2, 0) is 18.4 Å². The Morgan fingerprint density at radius 2 is 2.06 bits per heavy atom. The number of nitrogens with two attached hydrogens (primary N) is 1. The number of aromatic amines is 1. The fourth-order valence-corrected chi connectivity index (χ4v) is 4.23. The first-order valence-electron chi connectivity index (χ1n) is 11.4. The lowest BCUT2D eigenvalue weighted by Gasteiger charge is -2.33. The standard InChI is InChI=1S/C25H33N5O4/c1-5-7-8-19(15-27-32)11-17(3)13-25(14-18(4)26,23-29-24(31)34-30-23)22-10-9-20(16-28-33)12-21(22)6-2/h7-13,18H,5-6,14-16,26H2,1-4H3,(H,29,30,31)/b8-7-,17-13+,19-11+/t18-,25?/m1/s1. The number of nitrogens with one attached hydrogen (secondary N) is 1. The van der Waals surface area contributed by atoms with Gasteiger partial charge in [-0.25, -0.2) is 4.79 Å². The minimum absolute atomic E-state index is 0.0381. The van der Waals surface area contributed by atoms with E-state index in [4.69, 9.17) is 10.3 Å². The molecule has 9 nitrogen and oxygen atoms in total. The van der Waals surface area contributed by atoms with Crippen molar-refractivity contribution in [3.8, 4) is 0 Å². The van der Waals surface area contributed by atoms with E-state index in [0.717, 1.165) is 34.3 Å². The molecule has 0 aliphatic heterocycles. The van der Waals surface area contributed by atoms with E-state index in [-0.39, 0.29) is 19.1 Å². The van der Waals surface area contributed by atoms with Crippen LogP contribution < -0.4 is 11.5 Å². The Balaban J connectivity index is 2.84. The van der Waals surface area contributed by atoms with Crippen molar-refractivity contribution >= 4 is 0 Å². The van der Waals surface area contributed by atoms with Gasteiger partial charge < -0.3 is 5.73 Å². The smallest absolute Gasteiger partial charge is 0.328 e. The second-order valence-electron chi connectivity index (χ2n) is 8.43. The molecule has 1 unspecified atom stereocenters. The molecule has 0 saturated heterocycles. The van der Waals surface area contributed by atoms with E-state index in [1.165, 1.54) is 0 Å². The fourth-order valence-electron chi connectivity index (χ4n) is 4.23. The number of nitrogens with zero attached hydrogens (tertiary/aromatic N) is 3. The van der Waals surface area contributed by atoms with Crippen molar-refractivity contribution in [2.24, 2.45) is 16.1 Å². The van der Waals surface area contributed by atoms with Gasteiger partial charge in [-0.05, 0) is 55.4 Å². The number of nitroso groups, excluding NO2 is 2. The molecule has 2 rings (SSSR count). The Bertz CT molecular complexity index is 1130. The summed E-state index contributed by atoms with van der Waals surface area (Å²) < 4.78 is 4.89. The number of aryl methyl sites for hydroxylation is 1. The van der Waals surface area contributed by atoms with Crippen LogP contribution in [0.2, 0.25) is 0 Å². The van der Waals surface area contributed by atoms with Crippen molar-refractivity contribution < 1.29 is 4.52 Å². The largest absolute Gasteiger partial charge is 0.438 e. The number of hydrogen-bond donors (Lipinski definition) is 2. The molecular formula is C25H33N5O4. The van der Waals surface area contributed by atoms with Crippen molar-refractivity contribution in [3.05, 3.63) is 96.5 Å². The zero-order valence-corrected chi connectivity index (χ0v) is 20.2. The van der Waals surface area contributed by atoms with Crippen LogP contribution in [-0.4, -0.2) is 22.7 Å². The van der Waals surface area contributed by atoms with E-state index >= 15 is 0 Å². The zero-order valence-electron chi connectivity index (χ0n) is 20.2. The maximum absolute atomic E-state index is 12.0. The lowest BCUT2D eigenvalue weighted by atomic mass is 9.71.